The molecule has 2 aromatic heterocycles. The molecule has 0 aliphatic heterocycles. The molecule has 0 aliphatic carbocycles. The van der Waals surface area contributed by atoms with E-state index in [-0.39, 0.29) is 11.3 Å². The van der Waals surface area contributed by atoms with Crippen LogP contribution in [-0.2, 0) is 0 Å². The van der Waals surface area contributed by atoms with Gasteiger partial charge in [0, 0.05) is 27.2 Å². The monoisotopic (exact) mass is 476 g/mol. The van der Waals surface area contributed by atoms with Crippen molar-refractivity contribution in [1.82, 2.24) is 9.13 Å². The van der Waals surface area contributed by atoms with Crippen LogP contribution in [-0.4, -0.2) is 9.13 Å². The number of para-hydroxylation sites is 3. The van der Waals surface area contributed by atoms with E-state index in [4.69, 9.17) is 6.57 Å². The minimum atomic E-state index is -0.789. The van der Waals surface area contributed by atoms with Crippen LogP contribution < -0.4 is 0 Å². The summed E-state index contributed by atoms with van der Waals surface area (Å²) in [5.74, 6) is -0.789. The van der Waals surface area contributed by atoms with Crippen molar-refractivity contribution in [1.29, 1.82) is 5.26 Å². The Morgan fingerprint density at radius 1 is 0.649 bits per heavy atom. The summed E-state index contributed by atoms with van der Waals surface area (Å²) in [4.78, 5) is 3.50. The maximum absolute atomic E-state index is 15.1. The zero-order valence-electron chi connectivity index (χ0n) is 19.5. The van der Waals surface area contributed by atoms with Gasteiger partial charge in [-0.3, -0.25) is 0 Å². The number of rotatable bonds is 2. The summed E-state index contributed by atoms with van der Waals surface area (Å²) >= 11 is 0. The first-order valence-corrected chi connectivity index (χ1v) is 11.8. The number of fused-ring (bicyclic) bond motifs is 6. The molecule has 0 N–H and O–H groups in total. The maximum Gasteiger partial charge on any atom is 0.246 e. The molecule has 0 unspecified atom stereocenters. The van der Waals surface area contributed by atoms with Gasteiger partial charge < -0.3 is 9.13 Å². The molecule has 5 heteroatoms. The lowest BCUT2D eigenvalue weighted by atomic mass is 10.1. The van der Waals surface area contributed by atoms with Crippen LogP contribution in [0.25, 0.3) is 59.8 Å². The first-order chi connectivity index (χ1) is 18.2. The Kier molecular flexibility index (Phi) is 4.42. The van der Waals surface area contributed by atoms with Gasteiger partial charge in [-0.15, -0.1) is 0 Å². The summed E-state index contributed by atoms with van der Waals surface area (Å²) in [6, 6.07) is 35.8. The van der Waals surface area contributed by atoms with Gasteiger partial charge in [0.2, 0.25) is 5.69 Å². The molecule has 37 heavy (non-hydrogen) atoms. The molecule has 0 bridgehead atoms. The van der Waals surface area contributed by atoms with E-state index in [2.05, 4.69) is 45.8 Å². The van der Waals surface area contributed by atoms with Gasteiger partial charge in [0.15, 0.2) is 0 Å². The molecule has 0 aliphatic rings. The van der Waals surface area contributed by atoms with Crippen molar-refractivity contribution in [3.8, 4) is 17.4 Å². The van der Waals surface area contributed by atoms with Crippen molar-refractivity contribution in [2.75, 3.05) is 0 Å². The van der Waals surface area contributed by atoms with E-state index in [1.54, 1.807) is 6.07 Å². The number of hydrogen-bond acceptors (Lipinski definition) is 1. The molecule has 0 fully saturated rings. The maximum atomic E-state index is 15.1. The van der Waals surface area contributed by atoms with Crippen LogP contribution in [0.1, 0.15) is 5.56 Å². The number of nitriles is 1. The lowest BCUT2D eigenvalue weighted by molar-refractivity contribution is 0.629. The Hall–Kier alpha value is -5.39. The molecule has 172 valence electrons. The fraction of sp³-hybridized carbons (Fsp3) is 0. The van der Waals surface area contributed by atoms with Crippen molar-refractivity contribution in [2.45, 2.75) is 0 Å². The standard InChI is InChI=1S/C32H17FN4/c1-35-32-28(16-15-20(19-34)31(32)33)37-27-14-8-6-12-23(27)25-17-29-24(18-30(25)37)22-11-5-7-13-26(22)36(29)21-9-3-2-4-10-21/h2-18H. The molecule has 7 aromatic rings. The first-order valence-electron chi connectivity index (χ1n) is 11.8. The Morgan fingerprint density at radius 2 is 1.22 bits per heavy atom. The normalized spacial score (nSPS) is 11.3. The summed E-state index contributed by atoms with van der Waals surface area (Å²) in [5.41, 5.74) is 5.11. The first kappa shape index (κ1) is 20.9. The lowest BCUT2D eigenvalue weighted by Gasteiger charge is -2.12. The summed E-state index contributed by atoms with van der Waals surface area (Å²) < 4.78 is 19.3. The van der Waals surface area contributed by atoms with Crippen LogP contribution in [0.2, 0.25) is 0 Å². The third-order valence-electron chi connectivity index (χ3n) is 7.05. The summed E-state index contributed by atoms with van der Waals surface area (Å²) in [6.45, 7) is 7.71. The van der Waals surface area contributed by atoms with E-state index in [1.807, 2.05) is 65.2 Å². The molecular weight excluding hydrogens is 459 g/mol. The van der Waals surface area contributed by atoms with Gasteiger partial charge in [0.1, 0.15) is 11.9 Å². The minimum Gasteiger partial charge on any atom is -0.319 e. The Morgan fingerprint density at radius 3 is 1.84 bits per heavy atom. The molecule has 7 rings (SSSR count). The number of nitrogens with zero attached hydrogens (tertiary/aromatic N) is 4. The van der Waals surface area contributed by atoms with E-state index in [1.165, 1.54) is 6.07 Å². The number of hydrogen-bond donors (Lipinski definition) is 0. The second kappa shape index (κ2) is 7.81. The largest absolute Gasteiger partial charge is 0.319 e. The second-order valence-corrected chi connectivity index (χ2v) is 8.95. The molecule has 2 heterocycles. The van der Waals surface area contributed by atoms with E-state index in [0.29, 0.717) is 5.69 Å². The van der Waals surface area contributed by atoms with Crippen LogP contribution in [0, 0.1) is 23.7 Å². The van der Waals surface area contributed by atoms with Gasteiger partial charge in [0.25, 0.3) is 0 Å². The van der Waals surface area contributed by atoms with Crippen LogP contribution >= 0.6 is 0 Å². The average molecular weight is 477 g/mol. The van der Waals surface area contributed by atoms with Gasteiger partial charge in [-0.05, 0) is 48.5 Å². The van der Waals surface area contributed by atoms with E-state index in [0.717, 1.165) is 49.3 Å². The van der Waals surface area contributed by atoms with Crippen LogP contribution in [0.3, 0.4) is 0 Å². The molecular formula is C32H17FN4. The smallest absolute Gasteiger partial charge is 0.246 e. The van der Waals surface area contributed by atoms with Gasteiger partial charge in [-0.25, -0.2) is 9.24 Å². The Labute approximate surface area is 211 Å². The molecule has 0 saturated heterocycles. The third-order valence-corrected chi connectivity index (χ3v) is 7.05. The minimum absolute atomic E-state index is 0.135. The predicted molar refractivity (Wildman–Crippen MR) is 146 cm³/mol. The predicted octanol–water partition coefficient (Wildman–Crippen LogP) is 8.44. The van der Waals surface area contributed by atoms with Crippen molar-refractivity contribution in [3.63, 3.8) is 0 Å². The van der Waals surface area contributed by atoms with Crippen molar-refractivity contribution in [3.05, 3.63) is 126 Å². The highest BCUT2D eigenvalue weighted by Gasteiger charge is 2.21. The highest BCUT2D eigenvalue weighted by molar-refractivity contribution is 6.19. The fourth-order valence-corrected chi connectivity index (χ4v) is 5.47. The number of halogens is 1. The Balaban J connectivity index is 1.68. The molecule has 4 nitrogen and oxygen atoms in total. The van der Waals surface area contributed by atoms with Crippen LogP contribution in [0.4, 0.5) is 10.1 Å². The van der Waals surface area contributed by atoms with Crippen molar-refractivity contribution >= 4 is 49.3 Å². The van der Waals surface area contributed by atoms with Gasteiger partial charge >= 0.3 is 0 Å². The summed E-state index contributed by atoms with van der Waals surface area (Å²) in [5, 5.41) is 13.5. The zero-order chi connectivity index (χ0) is 25.1. The lowest BCUT2D eigenvalue weighted by Crippen LogP contribution is -1.97. The van der Waals surface area contributed by atoms with Crippen LogP contribution in [0.15, 0.2) is 103 Å². The molecule has 0 radical (unpaired) electrons. The van der Waals surface area contributed by atoms with Gasteiger partial charge in [0.05, 0.1) is 39.9 Å². The molecule has 0 spiro atoms. The van der Waals surface area contributed by atoms with Gasteiger partial charge in [-0.2, -0.15) is 5.26 Å². The van der Waals surface area contributed by atoms with E-state index in [9.17, 15) is 5.26 Å². The van der Waals surface area contributed by atoms with Crippen LogP contribution in [0.5, 0.6) is 0 Å². The quantitative estimate of drug-likeness (QED) is 0.231. The third kappa shape index (κ3) is 2.86. The number of aromatic nitrogens is 2. The van der Waals surface area contributed by atoms with E-state index < -0.39 is 5.82 Å². The SMILES string of the molecule is [C-]#[N+]c1c(-n2c3ccccc3c3cc4c(cc32)c2ccccc2n4-c2ccccc2)ccc(C#N)c1F. The zero-order valence-corrected chi connectivity index (χ0v) is 19.5. The van der Waals surface area contributed by atoms with Crippen molar-refractivity contribution < 1.29 is 4.39 Å². The van der Waals surface area contributed by atoms with Gasteiger partial charge in [-0.1, -0.05) is 54.6 Å². The number of benzene rings is 5. The molecule has 0 amide bonds. The molecule has 0 atom stereocenters. The fourth-order valence-electron chi connectivity index (χ4n) is 5.47. The topological polar surface area (TPSA) is 38.0 Å². The highest BCUT2D eigenvalue weighted by atomic mass is 19.1. The molecule has 0 saturated carbocycles. The molecule has 5 aromatic carbocycles. The Bertz CT molecular complexity index is 2120. The second-order valence-electron chi connectivity index (χ2n) is 8.95. The average Bonchev–Trinajstić information content (AvgIpc) is 3.44. The summed E-state index contributed by atoms with van der Waals surface area (Å²) in [7, 11) is 0. The highest BCUT2D eigenvalue weighted by Crippen LogP contribution is 2.41. The van der Waals surface area contributed by atoms with E-state index >= 15 is 4.39 Å². The van der Waals surface area contributed by atoms with Crippen molar-refractivity contribution in [2.24, 2.45) is 0 Å². The summed E-state index contributed by atoms with van der Waals surface area (Å²) in [6.07, 6.45) is 0.